The molecule has 0 aromatic carbocycles. The molecule has 6 nitrogen and oxygen atoms in total. The highest BCUT2D eigenvalue weighted by Gasteiger charge is 2.13. The van der Waals surface area contributed by atoms with Crippen molar-refractivity contribution in [2.24, 2.45) is 5.73 Å². The molecule has 0 aliphatic carbocycles. The average Bonchev–Trinajstić information content (AvgIpc) is 2.73. The highest BCUT2D eigenvalue weighted by Crippen LogP contribution is 2.26. The zero-order chi connectivity index (χ0) is 10.8. The van der Waals surface area contributed by atoms with Gasteiger partial charge in [0.05, 0.1) is 0 Å². The first-order valence-corrected chi connectivity index (χ1v) is 5.80. The number of nitrogens with one attached hydrogen (secondary N) is 1. The molecule has 0 saturated carbocycles. The predicted octanol–water partition coefficient (Wildman–Crippen LogP) is 0.253. The van der Waals surface area contributed by atoms with E-state index in [0.29, 0.717) is 24.3 Å². The van der Waals surface area contributed by atoms with Gasteiger partial charge in [-0.2, -0.15) is 0 Å². The van der Waals surface area contributed by atoms with Crippen molar-refractivity contribution < 1.29 is 0 Å². The Balaban J connectivity index is 2.46. The number of thioether (sulfide) groups is 1. The highest BCUT2D eigenvalue weighted by molar-refractivity contribution is 7.99. The van der Waals surface area contributed by atoms with Crippen LogP contribution in [0.3, 0.4) is 0 Å². The number of H-pyrrole nitrogens is 1. The van der Waals surface area contributed by atoms with Gasteiger partial charge in [-0.25, -0.2) is 4.52 Å². The lowest BCUT2D eigenvalue weighted by Gasteiger charge is -1.95. The van der Waals surface area contributed by atoms with Crippen LogP contribution in [0.5, 0.6) is 0 Å². The van der Waals surface area contributed by atoms with Crippen LogP contribution in [0.15, 0.2) is 5.03 Å². The fourth-order valence-electron chi connectivity index (χ4n) is 1.42. The van der Waals surface area contributed by atoms with Crippen LogP contribution in [0.1, 0.15) is 12.7 Å². The molecule has 2 heterocycles. The molecule has 0 amide bonds. The molecule has 2 aromatic heterocycles. The molecular formula is C8H14N6S. The van der Waals surface area contributed by atoms with Crippen molar-refractivity contribution in [2.45, 2.75) is 18.4 Å². The lowest BCUT2D eigenvalue weighted by molar-refractivity contribution is 0.779. The van der Waals surface area contributed by atoms with Gasteiger partial charge in [0, 0.05) is 6.42 Å². The SMILES string of the molecule is CCSc1[nH]n2c(CCN)nnc2c1N. The molecular weight excluding hydrogens is 212 g/mol. The van der Waals surface area contributed by atoms with Gasteiger partial charge in [-0.1, -0.05) is 6.92 Å². The first kappa shape index (κ1) is 10.3. The zero-order valence-corrected chi connectivity index (χ0v) is 9.34. The molecule has 2 rings (SSSR count). The fraction of sp³-hybridized carbons (Fsp3) is 0.500. The molecule has 82 valence electrons. The van der Waals surface area contributed by atoms with Gasteiger partial charge in [0.15, 0.2) is 5.82 Å². The second-order valence-corrected chi connectivity index (χ2v) is 4.38. The van der Waals surface area contributed by atoms with Crippen LogP contribution < -0.4 is 11.5 Å². The number of nitrogens with two attached hydrogens (primary N) is 2. The van der Waals surface area contributed by atoms with Gasteiger partial charge in [0.2, 0.25) is 5.65 Å². The van der Waals surface area contributed by atoms with Gasteiger partial charge in [-0.3, -0.25) is 5.10 Å². The third-order valence-corrected chi connectivity index (χ3v) is 2.97. The first-order valence-electron chi connectivity index (χ1n) is 4.82. The highest BCUT2D eigenvalue weighted by atomic mass is 32.2. The van der Waals surface area contributed by atoms with Gasteiger partial charge >= 0.3 is 0 Å². The maximum absolute atomic E-state index is 5.93. The van der Waals surface area contributed by atoms with Crippen molar-refractivity contribution in [3.63, 3.8) is 0 Å². The van der Waals surface area contributed by atoms with Crippen LogP contribution in [0, 0.1) is 0 Å². The molecule has 0 unspecified atom stereocenters. The van der Waals surface area contributed by atoms with Crippen LogP contribution in [0.4, 0.5) is 5.69 Å². The van der Waals surface area contributed by atoms with Gasteiger partial charge in [0.25, 0.3) is 0 Å². The lowest BCUT2D eigenvalue weighted by Crippen LogP contribution is -2.06. The Hall–Kier alpha value is -1.21. The van der Waals surface area contributed by atoms with Crippen molar-refractivity contribution in [3.8, 4) is 0 Å². The molecule has 0 atom stereocenters. The van der Waals surface area contributed by atoms with Crippen molar-refractivity contribution in [2.75, 3.05) is 18.0 Å². The maximum atomic E-state index is 5.93. The molecule has 0 aliphatic heterocycles. The Labute approximate surface area is 91.4 Å². The molecule has 0 radical (unpaired) electrons. The first-order chi connectivity index (χ1) is 7.27. The predicted molar refractivity (Wildman–Crippen MR) is 60.9 cm³/mol. The van der Waals surface area contributed by atoms with Crippen LogP contribution in [-0.4, -0.2) is 32.1 Å². The molecule has 2 aromatic rings. The summed E-state index contributed by atoms with van der Waals surface area (Å²) >= 11 is 1.66. The van der Waals surface area contributed by atoms with Crippen LogP contribution in [-0.2, 0) is 6.42 Å². The molecule has 5 N–H and O–H groups in total. The lowest BCUT2D eigenvalue weighted by atomic mass is 10.4. The van der Waals surface area contributed by atoms with Gasteiger partial charge in [-0.05, 0) is 12.3 Å². The minimum absolute atomic E-state index is 0.552. The van der Waals surface area contributed by atoms with Crippen molar-refractivity contribution in [3.05, 3.63) is 5.82 Å². The summed E-state index contributed by atoms with van der Waals surface area (Å²) in [5, 5.41) is 12.2. The molecule has 0 saturated heterocycles. The number of hydrogen-bond acceptors (Lipinski definition) is 5. The quantitative estimate of drug-likeness (QED) is 0.649. The topological polar surface area (TPSA) is 98.0 Å². The molecule has 0 spiro atoms. The summed E-state index contributed by atoms with van der Waals surface area (Å²) in [6.07, 6.45) is 0.692. The maximum Gasteiger partial charge on any atom is 0.201 e. The largest absolute Gasteiger partial charge is 0.393 e. The Morgan fingerprint density at radius 2 is 2.27 bits per heavy atom. The molecule has 15 heavy (non-hydrogen) atoms. The summed E-state index contributed by atoms with van der Waals surface area (Å²) in [6.45, 7) is 2.63. The van der Waals surface area contributed by atoms with Crippen LogP contribution >= 0.6 is 11.8 Å². The number of anilines is 1. The van der Waals surface area contributed by atoms with E-state index in [0.717, 1.165) is 16.6 Å². The Kier molecular flexibility index (Phi) is 2.83. The fourth-order valence-corrected chi connectivity index (χ4v) is 2.11. The van der Waals surface area contributed by atoms with Crippen LogP contribution in [0.25, 0.3) is 5.65 Å². The minimum Gasteiger partial charge on any atom is -0.393 e. The van der Waals surface area contributed by atoms with Crippen LogP contribution in [0.2, 0.25) is 0 Å². The van der Waals surface area contributed by atoms with E-state index in [1.807, 2.05) is 0 Å². The summed E-state index contributed by atoms with van der Waals surface area (Å²) in [6, 6.07) is 0. The molecule has 0 fully saturated rings. The molecule has 0 bridgehead atoms. The number of aromatic amines is 1. The van der Waals surface area contributed by atoms with Gasteiger partial charge in [-0.15, -0.1) is 22.0 Å². The number of nitrogen functional groups attached to an aromatic ring is 1. The Bertz CT molecular complexity index is 459. The molecule has 0 aliphatic rings. The normalized spacial score (nSPS) is 11.3. The second-order valence-electron chi connectivity index (χ2n) is 3.10. The van der Waals surface area contributed by atoms with Crippen molar-refractivity contribution in [1.29, 1.82) is 0 Å². The number of fused-ring (bicyclic) bond motifs is 1. The number of rotatable bonds is 4. The zero-order valence-electron chi connectivity index (χ0n) is 8.53. The van der Waals surface area contributed by atoms with E-state index in [9.17, 15) is 0 Å². The summed E-state index contributed by atoms with van der Waals surface area (Å²) in [7, 11) is 0. The van der Waals surface area contributed by atoms with E-state index in [4.69, 9.17) is 11.5 Å². The van der Waals surface area contributed by atoms with Gasteiger partial charge < -0.3 is 11.5 Å². The van der Waals surface area contributed by atoms with Gasteiger partial charge in [0.1, 0.15) is 10.7 Å². The standard InChI is InChI=1S/C8H14N6S/c1-2-15-8-6(10)7-12-11-5(3-4-9)14(7)13-8/h13H,2-4,9-10H2,1H3. The average molecular weight is 226 g/mol. The van der Waals surface area contributed by atoms with Crippen molar-refractivity contribution in [1.82, 2.24) is 19.8 Å². The second kappa shape index (κ2) is 4.11. The summed E-state index contributed by atoms with van der Waals surface area (Å²) in [5.41, 5.74) is 12.8. The van der Waals surface area contributed by atoms with E-state index in [-0.39, 0.29) is 0 Å². The minimum atomic E-state index is 0.552. The van der Waals surface area contributed by atoms with E-state index < -0.39 is 0 Å². The summed E-state index contributed by atoms with van der Waals surface area (Å²) < 4.78 is 1.81. The number of aromatic nitrogens is 4. The molecule has 7 heteroatoms. The van der Waals surface area contributed by atoms with E-state index >= 15 is 0 Å². The third kappa shape index (κ3) is 1.68. The van der Waals surface area contributed by atoms with E-state index in [2.05, 4.69) is 22.2 Å². The van der Waals surface area contributed by atoms with Crippen molar-refractivity contribution >= 4 is 23.1 Å². The third-order valence-electron chi connectivity index (χ3n) is 2.09. The van der Waals surface area contributed by atoms with E-state index in [1.54, 1.807) is 16.3 Å². The number of nitrogens with zero attached hydrogens (tertiary/aromatic N) is 3. The monoisotopic (exact) mass is 226 g/mol. The Morgan fingerprint density at radius 1 is 1.47 bits per heavy atom. The summed E-state index contributed by atoms with van der Waals surface area (Å²) in [5.74, 6) is 1.79. The number of hydrogen-bond donors (Lipinski definition) is 3. The Morgan fingerprint density at radius 3 is 2.93 bits per heavy atom. The summed E-state index contributed by atoms with van der Waals surface area (Å²) in [4.78, 5) is 0. The smallest absolute Gasteiger partial charge is 0.201 e. The van der Waals surface area contributed by atoms with E-state index in [1.165, 1.54) is 0 Å².